The monoisotopic (exact) mass is 586 g/mol. The molecule has 3 heterocycles. The predicted octanol–water partition coefficient (Wildman–Crippen LogP) is 7.35. The lowest BCUT2D eigenvalue weighted by atomic mass is 9.78. The zero-order valence-electron chi connectivity index (χ0n) is 23.7. The zero-order valence-corrected chi connectivity index (χ0v) is 25.3. The number of anilines is 1. The number of hydrogen-bond donors (Lipinski definition) is 1. The molecule has 1 aliphatic carbocycles. The van der Waals surface area contributed by atoms with Gasteiger partial charge in [-0.3, -0.25) is 9.52 Å². The molecule has 6 rings (SSSR count). The van der Waals surface area contributed by atoms with Gasteiger partial charge in [-0.25, -0.2) is 8.60 Å². The van der Waals surface area contributed by atoms with Crippen LogP contribution in [0.2, 0.25) is 5.02 Å². The molecule has 5 nitrogen and oxygen atoms in total. The minimum absolute atomic E-state index is 0.0629. The fourth-order valence-corrected chi connectivity index (χ4v) is 7.49. The van der Waals surface area contributed by atoms with Gasteiger partial charge in [0.15, 0.2) is 0 Å². The van der Waals surface area contributed by atoms with Crippen molar-refractivity contribution in [2.24, 2.45) is 11.8 Å². The van der Waals surface area contributed by atoms with Crippen LogP contribution in [0.4, 0.5) is 10.1 Å². The van der Waals surface area contributed by atoms with E-state index >= 15 is 4.39 Å². The minimum Gasteiger partial charge on any atom is -0.491 e. The van der Waals surface area contributed by atoms with Gasteiger partial charge in [0.2, 0.25) is 0 Å². The van der Waals surface area contributed by atoms with Crippen molar-refractivity contribution >= 4 is 34.2 Å². The first-order valence-corrected chi connectivity index (χ1v) is 16.3. The Labute approximate surface area is 245 Å². The second-order valence-electron chi connectivity index (χ2n) is 11.6. The highest BCUT2D eigenvalue weighted by Gasteiger charge is 2.30. The average Bonchev–Trinajstić information content (AvgIpc) is 3.10. The Morgan fingerprint density at radius 2 is 2.00 bits per heavy atom. The SMILES string of the molecule is CCCc1c(C2COc3ccc4cc3N(CCC(CC)CC3=C[C@@H](C3)CC(C)S(=O)NC4=O)C2)ccc(Cl)c1F. The van der Waals surface area contributed by atoms with E-state index in [1.165, 1.54) is 5.57 Å². The molecule has 40 heavy (non-hydrogen) atoms. The number of ether oxygens (including phenoxy) is 1. The van der Waals surface area contributed by atoms with Gasteiger partial charge in [0, 0.05) is 24.6 Å². The number of amides is 1. The number of nitrogens with one attached hydrogen (secondary N) is 1. The number of rotatable bonds is 4. The largest absolute Gasteiger partial charge is 0.491 e. The Bertz CT molecular complexity index is 1320. The fourth-order valence-electron chi connectivity index (χ4n) is 6.39. The van der Waals surface area contributed by atoms with Crippen LogP contribution in [0.3, 0.4) is 0 Å². The van der Waals surface area contributed by atoms with Crippen molar-refractivity contribution in [2.75, 3.05) is 24.6 Å². The molecule has 4 aliphatic rings. The summed E-state index contributed by atoms with van der Waals surface area (Å²) in [4.78, 5) is 15.5. The van der Waals surface area contributed by atoms with Crippen molar-refractivity contribution in [1.82, 2.24) is 4.72 Å². The van der Waals surface area contributed by atoms with Crippen LogP contribution in [0.25, 0.3) is 0 Å². The van der Waals surface area contributed by atoms with Gasteiger partial charge in [-0.15, -0.1) is 0 Å². The summed E-state index contributed by atoms with van der Waals surface area (Å²) in [5.41, 5.74) is 4.40. The lowest BCUT2D eigenvalue weighted by Gasteiger charge is -2.32. The third-order valence-electron chi connectivity index (χ3n) is 8.74. The number of nitrogens with zero attached hydrogens (tertiary/aromatic N) is 1. The van der Waals surface area contributed by atoms with Gasteiger partial charge in [0.1, 0.15) is 22.6 Å². The Morgan fingerprint density at radius 1 is 1.20 bits per heavy atom. The van der Waals surface area contributed by atoms with Gasteiger partial charge in [-0.2, -0.15) is 0 Å². The van der Waals surface area contributed by atoms with Crippen molar-refractivity contribution in [1.29, 1.82) is 0 Å². The van der Waals surface area contributed by atoms with Gasteiger partial charge in [0.05, 0.1) is 22.6 Å². The smallest absolute Gasteiger partial charge is 0.263 e. The lowest BCUT2D eigenvalue weighted by molar-refractivity contribution is 0.0982. The third kappa shape index (κ3) is 6.25. The number of halogens is 2. The van der Waals surface area contributed by atoms with Crippen molar-refractivity contribution in [3.63, 3.8) is 0 Å². The predicted molar refractivity (Wildman–Crippen MR) is 161 cm³/mol. The summed E-state index contributed by atoms with van der Waals surface area (Å²) < 4.78 is 37.2. The highest BCUT2D eigenvalue weighted by atomic mass is 35.5. The van der Waals surface area contributed by atoms with Gasteiger partial charge in [-0.05, 0) is 86.3 Å². The normalized spacial score (nSPS) is 27.1. The summed E-state index contributed by atoms with van der Waals surface area (Å²) >= 11 is 6.18. The first-order valence-electron chi connectivity index (χ1n) is 14.7. The second kappa shape index (κ2) is 12.6. The van der Waals surface area contributed by atoms with E-state index < -0.39 is 11.0 Å². The Balaban J connectivity index is 1.51. The van der Waals surface area contributed by atoms with E-state index in [4.69, 9.17) is 16.3 Å². The van der Waals surface area contributed by atoms with E-state index in [-0.39, 0.29) is 27.9 Å². The molecule has 4 unspecified atom stereocenters. The molecule has 0 spiro atoms. The van der Waals surface area contributed by atoms with Crippen molar-refractivity contribution in [2.45, 2.75) is 76.9 Å². The van der Waals surface area contributed by atoms with E-state index in [2.05, 4.69) is 22.6 Å². The van der Waals surface area contributed by atoms with Crippen LogP contribution in [0, 0.1) is 17.7 Å². The number of benzene rings is 2. The third-order valence-corrected chi connectivity index (χ3v) is 10.3. The number of allylic oxidation sites excluding steroid dienone is 2. The molecule has 8 heteroatoms. The standard InChI is InChI=1S/C32H40ClFN2O3S/c1-4-6-27-26(8-9-28(33)31(27)34)25-18-36-12-11-21(5-2)14-23-15-22(16-23)13-20(3)40(38)35-32(37)24-7-10-30(39-19-25)29(36)17-24/h7-10,15,17,20-22,25H,4-6,11-14,16,18-19H2,1-3H3,(H,35,37)/t20?,21?,22-,25?,40?/m0/s1. The molecule has 1 amide bonds. The lowest BCUT2D eigenvalue weighted by Crippen LogP contribution is -2.34. The van der Waals surface area contributed by atoms with E-state index in [1.807, 2.05) is 32.0 Å². The van der Waals surface area contributed by atoms with E-state index in [0.717, 1.165) is 56.3 Å². The van der Waals surface area contributed by atoms with Crippen LogP contribution >= 0.6 is 11.6 Å². The summed E-state index contributed by atoms with van der Waals surface area (Å²) in [7, 11) is -1.47. The average molecular weight is 587 g/mol. The number of carbonyl (C=O) groups excluding carboxylic acids is 1. The topological polar surface area (TPSA) is 58.6 Å². The highest BCUT2D eigenvalue weighted by molar-refractivity contribution is 7.84. The van der Waals surface area contributed by atoms with Crippen LogP contribution < -0.4 is 14.4 Å². The molecule has 4 bridgehead atoms. The molecule has 3 aliphatic heterocycles. The van der Waals surface area contributed by atoms with Gasteiger partial charge in [-0.1, -0.05) is 56.0 Å². The van der Waals surface area contributed by atoms with Crippen molar-refractivity contribution in [3.8, 4) is 5.75 Å². The Hall–Kier alpha value is -2.38. The maximum Gasteiger partial charge on any atom is 0.263 e. The van der Waals surface area contributed by atoms with Gasteiger partial charge < -0.3 is 9.64 Å². The number of hydrogen-bond acceptors (Lipinski definition) is 4. The molecule has 2 aromatic carbocycles. The maximum atomic E-state index is 15.2. The second-order valence-corrected chi connectivity index (χ2v) is 13.7. The molecule has 1 N–H and O–H groups in total. The van der Waals surface area contributed by atoms with E-state index in [9.17, 15) is 9.00 Å². The quantitative estimate of drug-likeness (QED) is 0.380. The van der Waals surface area contributed by atoms with Crippen LogP contribution in [0.5, 0.6) is 5.75 Å². The van der Waals surface area contributed by atoms with Crippen molar-refractivity contribution in [3.05, 3.63) is 69.5 Å². The summed E-state index contributed by atoms with van der Waals surface area (Å²) in [6.45, 7) is 8.08. The summed E-state index contributed by atoms with van der Waals surface area (Å²) in [6, 6.07) is 9.02. The molecule has 0 saturated carbocycles. The molecule has 216 valence electrons. The fraction of sp³-hybridized carbons (Fsp3) is 0.531. The molecule has 2 aromatic rings. The molecule has 0 aromatic heterocycles. The summed E-state index contributed by atoms with van der Waals surface area (Å²) in [6.07, 6.45) is 8.83. The summed E-state index contributed by atoms with van der Waals surface area (Å²) in [5, 5.41) is 0.0239. The van der Waals surface area contributed by atoms with Gasteiger partial charge in [0.25, 0.3) is 5.91 Å². The van der Waals surface area contributed by atoms with Crippen LogP contribution in [-0.2, 0) is 17.4 Å². The van der Waals surface area contributed by atoms with Crippen molar-refractivity contribution < 1.29 is 18.1 Å². The van der Waals surface area contributed by atoms with E-state index in [0.29, 0.717) is 48.3 Å². The van der Waals surface area contributed by atoms with Crippen LogP contribution in [0.1, 0.15) is 86.7 Å². The number of carbonyl (C=O) groups is 1. The molecule has 0 radical (unpaired) electrons. The Kier molecular flexibility index (Phi) is 9.21. The molecular formula is C32H40ClFN2O3S. The molecule has 5 atom stereocenters. The maximum absolute atomic E-state index is 15.2. The highest BCUT2D eigenvalue weighted by Crippen LogP contribution is 2.40. The van der Waals surface area contributed by atoms with Crippen LogP contribution in [-0.4, -0.2) is 35.1 Å². The zero-order chi connectivity index (χ0) is 28.4. The van der Waals surface area contributed by atoms with E-state index in [1.54, 1.807) is 12.1 Å². The molecule has 0 saturated heterocycles. The minimum atomic E-state index is -1.47. The van der Waals surface area contributed by atoms with Crippen LogP contribution in [0.15, 0.2) is 42.0 Å². The summed E-state index contributed by atoms with van der Waals surface area (Å²) in [5.74, 6) is 0.943. The first-order chi connectivity index (χ1) is 19.3. The van der Waals surface area contributed by atoms with Gasteiger partial charge >= 0.3 is 0 Å². The Morgan fingerprint density at radius 3 is 2.75 bits per heavy atom. The molecule has 0 fully saturated rings. The number of fused-ring (bicyclic) bond motifs is 7. The molecular weight excluding hydrogens is 547 g/mol. The first kappa shape index (κ1) is 29.1.